The lowest BCUT2D eigenvalue weighted by molar-refractivity contribution is 0.130. The van der Waals surface area contributed by atoms with Crippen LogP contribution in [0.15, 0.2) is 42.9 Å². The van der Waals surface area contributed by atoms with Crippen LogP contribution in [0.5, 0.6) is 0 Å². The number of hydrogen-bond donors (Lipinski definition) is 2. The van der Waals surface area contributed by atoms with E-state index in [1.165, 1.54) is 6.20 Å². The summed E-state index contributed by atoms with van der Waals surface area (Å²) in [7, 11) is 0. The molecule has 1 atom stereocenters. The summed E-state index contributed by atoms with van der Waals surface area (Å²) in [6, 6.07) is 6.97. The summed E-state index contributed by atoms with van der Waals surface area (Å²) >= 11 is 0. The molecule has 4 aromatic rings. The third kappa shape index (κ3) is 2.64. The number of aromatic nitrogens is 6. The number of pyridine rings is 2. The fraction of sp³-hybridized carbons (Fsp3) is 0.118. The fourth-order valence-electron chi connectivity index (χ4n) is 2.71. The largest absolute Gasteiger partial charge is 0.383 e. The minimum Gasteiger partial charge on any atom is -0.383 e. The second-order valence-electron chi connectivity index (χ2n) is 5.64. The molecule has 0 amide bonds. The van der Waals surface area contributed by atoms with Gasteiger partial charge < -0.3 is 10.8 Å². The van der Waals surface area contributed by atoms with E-state index < -0.39 is 12.2 Å². The van der Waals surface area contributed by atoms with E-state index in [-0.39, 0.29) is 0 Å². The molecule has 0 spiro atoms. The Morgan fingerprint density at radius 2 is 1.92 bits per heavy atom. The molecule has 0 bridgehead atoms. The molecule has 0 aromatic carbocycles. The van der Waals surface area contributed by atoms with E-state index in [9.17, 15) is 9.50 Å². The number of nitrogens with two attached hydrogens (primary N) is 1. The van der Waals surface area contributed by atoms with Gasteiger partial charge in [-0.05, 0) is 31.2 Å². The van der Waals surface area contributed by atoms with Gasteiger partial charge in [0.1, 0.15) is 29.1 Å². The van der Waals surface area contributed by atoms with E-state index in [0.717, 1.165) is 6.20 Å². The summed E-state index contributed by atoms with van der Waals surface area (Å²) < 4.78 is 14.6. The number of anilines is 1. The van der Waals surface area contributed by atoms with Crippen LogP contribution in [0.1, 0.15) is 13.2 Å². The molecule has 0 aliphatic heterocycles. The van der Waals surface area contributed by atoms with Crippen molar-refractivity contribution in [1.29, 1.82) is 0 Å². The highest BCUT2D eigenvalue weighted by Crippen LogP contribution is 2.30. The first-order chi connectivity index (χ1) is 12.5. The van der Waals surface area contributed by atoms with Gasteiger partial charge in [-0.25, -0.2) is 24.9 Å². The van der Waals surface area contributed by atoms with Crippen LogP contribution in [0.25, 0.3) is 33.9 Å². The Kier molecular flexibility index (Phi) is 3.77. The predicted octanol–water partition coefficient (Wildman–Crippen LogP) is 2.18. The molecular weight excluding hydrogens is 337 g/mol. The van der Waals surface area contributed by atoms with Crippen molar-refractivity contribution in [2.75, 3.05) is 5.73 Å². The van der Waals surface area contributed by atoms with E-state index >= 15 is 0 Å². The molecule has 26 heavy (non-hydrogen) atoms. The minimum absolute atomic E-state index is 0.300. The van der Waals surface area contributed by atoms with Crippen molar-refractivity contribution < 1.29 is 9.50 Å². The lowest BCUT2D eigenvalue weighted by atomic mass is 10.2. The lowest BCUT2D eigenvalue weighted by Gasteiger charge is -2.12. The quantitative estimate of drug-likeness (QED) is 0.581. The summed E-state index contributed by atoms with van der Waals surface area (Å²) in [5.74, 6) is 0.0861. The second kappa shape index (κ2) is 6.12. The molecule has 8 nitrogen and oxygen atoms in total. The molecule has 0 radical (unpaired) electrons. The molecule has 0 aliphatic rings. The summed E-state index contributed by atoms with van der Waals surface area (Å²) in [6.45, 7) is 1.60. The van der Waals surface area contributed by atoms with Crippen molar-refractivity contribution >= 4 is 17.0 Å². The molecular formula is C17H14FN7O. The van der Waals surface area contributed by atoms with Gasteiger partial charge in [-0.3, -0.25) is 4.57 Å². The average molecular weight is 351 g/mol. The number of imidazole rings is 1. The number of aliphatic hydroxyl groups is 1. The number of hydrogen-bond acceptors (Lipinski definition) is 7. The van der Waals surface area contributed by atoms with Gasteiger partial charge in [0, 0.05) is 6.20 Å². The van der Waals surface area contributed by atoms with Gasteiger partial charge in [0.2, 0.25) is 5.95 Å². The minimum atomic E-state index is -0.906. The van der Waals surface area contributed by atoms with Crippen LogP contribution in [-0.4, -0.2) is 34.6 Å². The molecule has 0 fully saturated rings. The van der Waals surface area contributed by atoms with Gasteiger partial charge in [0.25, 0.3) is 0 Å². The van der Waals surface area contributed by atoms with Crippen molar-refractivity contribution in [2.45, 2.75) is 13.2 Å². The average Bonchev–Trinajstić information content (AvgIpc) is 3.01. The number of aliphatic hydroxyl groups excluding tert-OH is 1. The molecule has 1 unspecified atom stereocenters. The van der Waals surface area contributed by atoms with E-state index in [1.807, 2.05) is 0 Å². The van der Waals surface area contributed by atoms with Gasteiger partial charge >= 0.3 is 0 Å². The van der Waals surface area contributed by atoms with Crippen molar-refractivity contribution in [3.05, 3.63) is 48.8 Å². The molecule has 0 saturated heterocycles. The normalized spacial score (nSPS) is 12.4. The van der Waals surface area contributed by atoms with Crippen LogP contribution < -0.4 is 5.73 Å². The molecule has 130 valence electrons. The molecule has 0 aliphatic carbocycles. The summed E-state index contributed by atoms with van der Waals surface area (Å²) in [5, 5.41) is 10.3. The third-order valence-corrected chi connectivity index (χ3v) is 3.87. The van der Waals surface area contributed by atoms with Crippen LogP contribution in [0, 0.1) is 5.95 Å². The lowest BCUT2D eigenvalue weighted by Crippen LogP contribution is -2.08. The van der Waals surface area contributed by atoms with E-state index in [0.29, 0.717) is 39.8 Å². The standard InChI is InChI=1S/C17H14FN7O/c1-9(26)25-16(10-3-2-6-20-15(10)19)24-12-5-4-11(23-17(12)25)13-7-22-14(18)8-21-13/h2-9,26H,1H3,(H2,19,20). The molecule has 4 aromatic heterocycles. The Hall–Kier alpha value is -3.46. The zero-order chi connectivity index (χ0) is 18.3. The maximum absolute atomic E-state index is 13.0. The molecule has 0 saturated carbocycles. The monoisotopic (exact) mass is 351 g/mol. The van der Waals surface area contributed by atoms with Crippen molar-refractivity contribution in [3.8, 4) is 22.8 Å². The van der Waals surface area contributed by atoms with E-state index in [2.05, 4.69) is 24.9 Å². The number of nitrogens with zero attached hydrogens (tertiary/aromatic N) is 6. The fourth-order valence-corrected chi connectivity index (χ4v) is 2.71. The second-order valence-corrected chi connectivity index (χ2v) is 5.64. The zero-order valence-corrected chi connectivity index (χ0v) is 13.7. The van der Waals surface area contributed by atoms with Gasteiger partial charge in [-0.2, -0.15) is 4.39 Å². The summed E-state index contributed by atoms with van der Waals surface area (Å²) in [6.07, 6.45) is 3.00. The van der Waals surface area contributed by atoms with Gasteiger partial charge in [-0.1, -0.05) is 0 Å². The Balaban J connectivity index is 1.94. The highest BCUT2D eigenvalue weighted by atomic mass is 19.1. The number of rotatable bonds is 3. The summed E-state index contributed by atoms with van der Waals surface area (Å²) in [4.78, 5) is 20.7. The molecule has 4 heterocycles. The summed E-state index contributed by atoms with van der Waals surface area (Å²) in [5.41, 5.74) is 8.46. The maximum atomic E-state index is 13.0. The Morgan fingerprint density at radius 1 is 1.08 bits per heavy atom. The predicted molar refractivity (Wildman–Crippen MR) is 93.1 cm³/mol. The Bertz CT molecular complexity index is 1090. The van der Waals surface area contributed by atoms with Crippen LogP contribution >= 0.6 is 0 Å². The Morgan fingerprint density at radius 3 is 2.62 bits per heavy atom. The number of nitrogen functional groups attached to an aromatic ring is 1. The Labute approximate surface area is 147 Å². The third-order valence-electron chi connectivity index (χ3n) is 3.87. The SMILES string of the molecule is CC(O)n1c(-c2cccnc2N)nc2ccc(-c3cnc(F)cn3)nc21. The first-order valence-electron chi connectivity index (χ1n) is 7.80. The van der Waals surface area contributed by atoms with Crippen molar-refractivity contribution in [3.63, 3.8) is 0 Å². The van der Waals surface area contributed by atoms with Gasteiger partial charge in [-0.15, -0.1) is 0 Å². The molecule has 9 heteroatoms. The highest BCUT2D eigenvalue weighted by Gasteiger charge is 2.19. The molecule has 3 N–H and O–H groups in total. The topological polar surface area (TPSA) is 116 Å². The zero-order valence-electron chi connectivity index (χ0n) is 13.7. The van der Waals surface area contributed by atoms with Crippen molar-refractivity contribution in [1.82, 2.24) is 29.5 Å². The van der Waals surface area contributed by atoms with E-state index in [1.54, 1.807) is 42.0 Å². The molecule has 4 rings (SSSR count). The van der Waals surface area contributed by atoms with Gasteiger partial charge in [0.05, 0.1) is 23.7 Å². The highest BCUT2D eigenvalue weighted by molar-refractivity contribution is 5.82. The van der Waals surface area contributed by atoms with Gasteiger partial charge in [0.15, 0.2) is 5.65 Å². The number of fused-ring (bicyclic) bond motifs is 1. The number of halogens is 1. The smallest absolute Gasteiger partial charge is 0.231 e. The van der Waals surface area contributed by atoms with Crippen LogP contribution in [-0.2, 0) is 0 Å². The van der Waals surface area contributed by atoms with Crippen LogP contribution in [0.4, 0.5) is 10.2 Å². The van der Waals surface area contributed by atoms with Crippen LogP contribution in [0.3, 0.4) is 0 Å². The van der Waals surface area contributed by atoms with E-state index in [4.69, 9.17) is 5.73 Å². The maximum Gasteiger partial charge on any atom is 0.231 e. The van der Waals surface area contributed by atoms with Crippen molar-refractivity contribution in [2.24, 2.45) is 0 Å². The van der Waals surface area contributed by atoms with Crippen LogP contribution in [0.2, 0.25) is 0 Å². The first kappa shape index (κ1) is 16.0. The first-order valence-corrected chi connectivity index (χ1v) is 7.80.